The van der Waals surface area contributed by atoms with E-state index < -0.39 is 23.5 Å². The van der Waals surface area contributed by atoms with Crippen molar-refractivity contribution in [3.05, 3.63) is 144 Å². The van der Waals surface area contributed by atoms with Crippen LogP contribution in [0.5, 0.6) is 11.5 Å². The minimum Gasteiger partial charge on any atom is -0.503 e. The quantitative estimate of drug-likeness (QED) is 0.305. The summed E-state index contributed by atoms with van der Waals surface area (Å²) in [5, 5.41) is 10.9. The first-order valence-electron chi connectivity index (χ1n) is 11.8. The van der Waals surface area contributed by atoms with Crippen LogP contribution in [-0.4, -0.2) is 26.7 Å². The second kappa shape index (κ2) is 10.7. The van der Waals surface area contributed by atoms with Crippen molar-refractivity contribution in [2.75, 3.05) is 0 Å². The number of hydrogen-bond acceptors (Lipinski definition) is 5. The maximum Gasteiger partial charge on any atom is 0.290 e. The SMILES string of the molecule is O=C(/C=C/c1ccccc1)C1=C(O)C(=O)N(Cc2cccnc2)C1c1cccc(Oc2ccccc2)c1. The number of allylic oxidation sites excluding steroid dienone is 1. The summed E-state index contributed by atoms with van der Waals surface area (Å²) in [5.74, 6) is -0.390. The van der Waals surface area contributed by atoms with Crippen molar-refractivity contribution < 1.29 is 19.4 Å². The Morgan fingerprint density at radius 2 is 1.65 bits per heavy atom. The summed E-state index contributed by atoms with van der Waals surface area (Å²) in [6.07, 6.45) is 6.36. The number of ketones is 1. The van der Waals surface area contributed by atoms with Crippen LogP contribution in [0.25, 0.3) is 6.08 Å². The van der Waals surface area contributed by atoms with E-state index in [1.54, 1.807) is 42.7 Å². The Hall–Kier alpha value is -4.97. The number of carbonyl (C=O) groups excluding carboxylic acids is 2. The van der Waals surface area contributed by atoms with Crippen molar-refractivity contribution in [3.8, 4) is 11.5 Å². The van der Waals surface area contributed by atoms with Crippen LogP contribution in [0.15, 0.2) is 127 Å². The molecule has 0 saturated carbocycles. The Balaban J connectivity index is 1.52. The zero-order valence-corrected chi connectivity index (χ0v) is 19.9. The summed E-state index contributed by atoms with van der Waals surface area (Å²) in [6.45, 7) is 0.171. The molecule has 1 aromatic heterocycles. The number of hydrogen-bond donors (Lipinski definition) is 1. The summed E-state index contributed by atoms with van der Waals surface area (Å²) < 4.78 is 6.00. The molecule has 6 heteroatoms. The average Bonchev–Trinajstić information content (AvgIpc) is 3.19. The number of nitrogens with zero attached hydrogens (tertiary/aromatic N) is 2. The summed E-state index contributed by atoms with van der Waals surface area (Å²) >= 11 is 0. The number of amides is 1. The number of benzene rings is 3. The van der Waals surface area contributed by atoms with Crippen molar-refractivity contribution in [2.45, 2.75) is 12.6 Å². The Morgan fingerprint density at radius 3 is 2.38 bits per heavy atom. The molecule has 5 rings (SSSR count). The normalized spacial score (nSPS) is 15.4. The first-order valence-corrected chi connectivity index (χ1v) is 11.8. The molecule has 1 amide bonds. The number of aliphatic hydroxyl groups is 1. The maximum absolute atomic E-state index is 13.4. The first kappa shape index (κ1) is 23.8. The zero-order valence-electron chi connectivity index (χ0n) is 19.9. The van der Waals surface area contributed by atoms with Crippen LogP contribution in [-0.2, 0) is 16.1 Å². The van der Waals surface area contributed by atoms with Gasteiger partial charge in [-0.3, -0.25) is 14.6 Å². The van der Waals surface area contributed by atoms with Crippen molar-refractivity contribution >= 4 is 17.8 Å². The van der Waals surface area contributed by atoms with Gasteiger partial charge in [0.1, 0.15) is 11.5 Å². The van der Waals surface area contributed by atoms with Gasteiger partial charge in [-0.2, -0.15) is 0 Å². The molecule has 1 aliphatic heterocycles. The van der Waals surface area contributed by atoms with E-state index in [4.69, 9.17) is 4.74 Å². The van der Waals surface area contributed by atoms with Crippen LogP contribution in [0.3, 0.4) is 0 Å². The topological polar surface area (TPSA) is 79.7 Å². The summed E-state index contributed by atoms with van der Waals surface area (Å²) in [4.78, 5) is 32.3. The maximum atomic E-state index is 13.4. The van der Waals surface area contributed by atoms with Gasteiger partial charge < -0.3 is 14.7 Å². The lowest BCUT2D eigenvalue weighted by atomic mass is 9.95. The molecule has 0 bridgehead atoms. The molecule has 0 saturated heterocycles. The van der Waals surface area contributed by atoms with Gasteiger partial charge in [0.05, 0.1) is 11.6 Å². The third-order valence-corrected chi connectivity index (χ3v) is 6.02. The van der Waals surface area contributed by atoms with Gasteiger partial charge in [0, 0.05) is 18.9 Å². The lowest BCUT2D eigenvalue weighted by Crippen LogP contribution is -2.30. The van der Waals surface area contributed by atoms with E-state index in [2.05, 4.69) is 4.98 Å². The molecule has 0 radical (unpaired) electrons. The zero-order chi connectivity index (χ0) is 25.6. The van der Waals surface area contributed by atoms with E-state index >= 15 is 0 Å². The van der Waals surface area contributed by atoms with Gasteiger partial charge in [0.25, 0.3) is 5.91 Å². The molecule has 37 heavy (non-hydrogen) atoms. The highest BCUT2D eigenvalue weighted by Crippen LogP contribution is 2.40. The van der Waals surface area contributed by atoms with E-state index in [1.807, 2.05) is 72.8 Å². The number of para-hydroxylation sites is 1. The molecule has 0 aliphatic carbocycles. The fourth-order valence-electron chi connectivity index (χ4n) is 4.30. The van der Waals surface area contributed by atoms with Crippen LogP contribution in [0.4, 0.5) is 0 Å². The van der Waals surface area contributed by atoms with E-state index in [1.165, 1.54) is 11.0 Å². The Kier molecular flexibility index (Phi) is 6.90. The van der Waals surface area contributed by atoms with Gasteiger partial charge in [-0.25, -0.2) is 0 Å². The van der Waals surface area contributed by atoms with Crippen LogP contribution in [0.1, 0.15) is 22.7 Å². The Bertz CT molecular complexity index is 1470. The first-order chi connectivity index (χ1) is 18.1. The van der Waals surface area contributed by atoms with Crippen molar-refractivity contribution in [3.63, 3.8) is 0 Å². The van der Waals surface area contributed by atoms with Crippen LogP contribution < -0.4 is 4.74 Å². The molecule has 2 heterocycles. The minimum absolute atomic E-state index is 0.0259. The molecule has 0 spiro atoms. The number of carbonyl (C=O) groups is 2. The van der Waals surface area contributed by atoms with Gasteiger partial charge in [0.15, 0.2) is 11.5 Å². The lowest BCUT2D eigenvalue weighted by molar-refractivity contribution is -0.130. The highest BCUT2D eigenvalue weighted by atomic mass is 16.5. The Morgan fingerprint density at radius 1 is 0.919 bits per heavy atom. The van der Waals surface area contributed by atoms with Crippen molar-refractivity contribution in [2.24, 2.45) is 0 Å². The molecule has 1 N–H and O–H groups in total. The smallest absolute Gasteiger partial charge is 0.290 e. The minimum atomic E-state index is -0.806. The molecular weight excluding hydrogens is 464 g/mol. The summed E-state index contributed by atoms with van der Waals surface area (Å²) in [7, 11) is 0. The van der Waals surface area contributed by atoms with Crippen molar-refractivity contribution in [1.29, 1.82) is 0 Å². The second-order valence-electron chi connectivity index (χ2n) is 8.56. The molecule has 1 unspecified atom stereocenters. The van der Waals surface area contributed by atoms with Gasteiger partial charge in [-0.15, -0.1) is 0 Å². The van der Waals surface area contributed by atoms with Crippen LogP contribution >= 0.6 is 0 Å². The average molecular weight is 489 g/mol. The molecule has 0 fully saturated rings. The fraction of sp³-hybridized carbons (Fsp3) is 0.0645. The lowest BCUT2D eigenvalue weighted by Gasteiger charge is -2.27. The fourth-order valence-corrected chi connectivity index (χ4v) is 4.30. The monoisotopic (exact) mass is 488 g/mol. The predicted octanol–water partition coefficient (Wildman–Crippen LogP) is 6.05. The standard InChI is InChI=1S/C31H24N2O4/c34-27(17-16-22-9-3-1-4-10-22)28-29(33(31(36)30(28)35)21-23-11-8-18-32-20-23)24-12-7-15-26(19-24)37-25-13-5-2-6-14-25/h1-20,29,35H,21H2/b17-16+. The molecular formula is C31H24N2O4. The second-order valence-corrected chi connectivity index (χ2v) is 8.56. The number of aliphatic hydroxyl groups excluding tert-OH is 1. The van der Waals surface area contributed by atoms with Crippen LogP contribution in [0.2, 0.25) is 0 Å². The van der Waals surface area contributed by atoms with Gasteiger partial charge in [0.2, 0.25) is 0 Å². The third kappa shape index (κ3) is 5.33. The number of ether oxygens (including phenoxy) is 1. The molecule has 1 atom stereocenters. The largest absolute Gasteiger partial charge is 0.503 e. The van der Waals surface area contributed by atoms with Crippen molar-refractivity contribution in [1.82, 2.24) is 9.88 Å². The van der Waals surface area contributed by atoms with Gasteiger partial charge in [-0.05, 0) is 53.1 Å². The van der Waals surface area contributed by atoms with E-state index in [9.17, 15) is 14.7 Å². The highest BCUT2D eigenvalue weighted by molar-refractivity contribution is 6.14. The Labute approximate surface area is 214 Å². The van der Waals surface area contributed by atoms with E-state index in [-0.39, 0.29) is 12.1 Å². The van der Waals surface area contributed by atoms with E-state index in [0.717, 1.165) is 11.1 Å². The molecule has 182 valence electrons. The summed E-state index contributed by atoms with van der Waals surface area (Å²) in [6, 6.07) is 28.7. The number of aromatic nitrogens is 1. The highest BCUT2D eigenvalue weighted by Gasteiger charge is 2.43. The van der Waals surface area contributed by atoms with E-state index in [0.29, 0.717) is 17.1 Å². The molecule has 3 aromatic carbocycles. The third-order valence-electron chi connectivity index (χ3n) is 6.02. The molecule has 1 aliphatic rings. The van der Waals surface area contributed by atoms with Gasteiger partial charge in [-0.1, -0.05) is 72.8 Å². The number of rotatable bonds is 8. The van der Waals surface area contributed by atoms with Gasteiger partial charge >= 0.3 is 0 Å². The number of pyridine rings is 1. The predicted molar refractivity (Wildman–Crippen MR) is 141 cm³/mol. The van der Waals surface area contributed by atoms with Crippen LogP contribution in [0, 0.1) is 0 Å². The molecule has 4 aromatic rings. The molecule has 6 nitrogen and oxygen atoms in total. The summed E-state index contributed by atoms with van der Waals surface area (Å²) in [5.41, 5.74) is 2.28.